The molecule has 134 valence electrons. The third kappa shape index (κ3) is 3.49. The molecule has 4 N–H and O–H groups in total. The smallest absolute Gasteiger partial charge is 0.330 e. The van der Waals surface area contributed by atoms with Crippen LogP contribution < -0.4 is 16.0 Å². The molecule has 1 fully saturated rings. The van der Waals surface area contributed by atoms with Crippen LogP contribution in [0.4, 0.5) is 0 Å². The molecule has 2 aromatic rings. The summed E-state index contributed by atoms with van der Waals surface area (Å²) < 4.78 is 11.7. The number of aliphatic hydroxyl groups excluding tert-OH is 3. The van der Waals surface area contributed by atoms with Crippen molar-refractivity contribution in [2.75, 3.05) is 6.61 Å². The number of ether oxygens (including phenoxy) is 2. The van der Waals surface area contributed by atoms with Crippen LogP contribution in [-0.4, -0.2) is 49.8 Å². The number of nitrogens with zero attached hydrogens (tertiary/aromatic N) is 1. The molecule has 1 aliphatic heterocycles. The minimum Gasteiger partial charge on any atom is -0.482 e. The zero-order valence-corrected chi connectivity index (χ0v) is 13.1. The van der Waals surface area contributed by atoms with Crippen molar-refractivity contribution in [2.45, 2.75) is 31.1 Å². The summed E-state index contributed by atoms with van der Waals surface area (Å²) in [7, 11) is 0. The predicted octanol–water partition coefficient (Wildman–Crippen LogP) is -1.27. The summed E-state index contributed by atoms with van der Waals surface area (Å²) in [5, 5.41) is 29.0. The van der Waals surface area contributed by atoms with Gasteiger partial charge in [0.05, 0.1) is 12.8 Å². The van der Waals surface area contributed by atoms with Gasteiger partial charge in [0.15, 0.2) is 6.23 Å². The first-order valence-electron chi connectivity index (χ1n) is 7.66. The highest BCUT2D eigenvalue weighted by Crippen LogP contribution is 2.28. The van der Waals surface area contributed by atoms with Gasteiger partial charge >= 0.3 is 5.69 Å². The maximum atomic E-state index is 12.0. The second-order valence-electron chi connectivity index (χ2n) is 5.66. The van der Waals surface area contributed by atoms with Gasteiger partial charge in [0.2, 0.25) is 5.75 Å². The molecule has 1 aromatic carbocycles. The molecule has 0 saturated carbocycles. The molecule has 0 bridgehead atoms. The highest BCUT2D eigenvalue weighted by Gasteiger charge is 2.43. The van der Waals surface area contributed by atoms with Crippen molar-refractivity contribution in [1.82, 2.24) is 9.55 Å². The van der Waals surface area contributed by atoms with Gasteiger partial charge in [-0.15, -0.1) is 0 Å². The van der Waals surface area contributed by atoms with Crippen LogP contribution in [0.25, 0.3) is 0 Å². The highest BCUT2D eigenvalue weighted by molar-refractivity contribution is 5.17. The molecule has 0 spiro atoms. The van der Waals surface area contributed by atoms with Gasteiger partial charge in [0.1, 0.15) is 24.9 Å². The first-order valence-corrected chi connectivity index (χ1v) is 7.66. The van der Waals surface area contributed by atoms with Crippen LogP contribution in [0.1, 0.15) is 11.8 Å². The van der Waals surface area contributed by atoms with Gasteiger partial charge in [0.25, 0.3) is 5.56 Å². The Balaban J connectivity index is 1.86. The monoisotopic (exact) mass is 350 g/mol. The number of rotatable bonds is 5. The molecule has 4 atom stereocenters. The molecular weight excluding hydrogens is 332 g/mol. The summed E-state index contributed by atoms with van der Waals surface area (Å²) in [5.74, 6) is -0.138. The van der Waals surface area contributed by atoms with Crippen LogP contribution in [0.2, 0.25) is 0 Å². The SMILES string of the molecule is O=c1[nH]c(=O)n([C@@H]2O[C@@H](CO)[C@@H](O)[C@H]2O)cc1OCc1ccccc1. The van der Waals surface area contributed by atoms with E-state index in [1.54, 1.807) is 0 Å². The Kier molecular flexibility index (Phi) is 5.00. The molecular formula is C16H18N2O7. The number of H-pyrrole nitrogens is 1. The predicted molar refractivity (Wildman–Crippen MR) is 85.1 cm³/mol. The molecule has 0 unspecified atom stereocenters. The number of aromatic amines is 1. The Morgan fingerprint density at radius 3 is 2.52 bits per heavy atom. The summed E-state index contributed by atoms with van der Waals surface area (Å²) in [4.78, 5) is 26.0. The molecule has 2 heterocycles. The molecule has 3 rings (SSSR count). The van der Waals surface area contributed by atoms with Crippen LogP contribution in [0.3, 0.4) is 0 Å². The van der Waals surface area contributed by atoms with E-state index in [0.717, 1.165) is 16.3 Å². The van der Waals surface area contributed by atoms with E-state index in [4.69, 9.17) is 14.6 Å². The molecule has 1 aromatic heterocycles. The van der Waals surface area contributed by atoms with E-state index in [1.165, 1.54) is 0 Å². The first-order chi connectivity index (χ1) is 12.0. The van der Waals surface area contributed by atoms with Crippen LogP contribution in [-0.2, 0) is 11.3 Å². The topological polar surface area (TPSA) is 134 Å². The van der Waals surface area contributed by atoms with E-state index in [0.29, 0.717) is 0 Å². The van der Waals surface area contributed by atoms with Gasteiger partial charge in [-0.05, 0) is 5.56 Å². The fourth-order valence-corrected chi connectivity index (χ4v) is 2.60. The Labute approximate surface area is 141 Å². The molecule has 0 amide bonds. The third-order valence-electron chi connectivity index (χ3n) is 3.96. The molecule has 25 heavy (non-hydrogen) atoms. The number of hydrogen-bond acceptors (Lipinski definition) is 7. The number of aliphatic hydroxyl groups is 3. The Morgan fingerprint density at radius 1 is 1.16 bits per heavy atom. The van der Waals surface area contributed by atoms with Crippen LogP contribution in [0.15, 0.2) is 46.1 Å². The van der Waals surface area contributed by atoms with Crippen molar-refractivity contribution < 1.29 is 24.8 Å². The summed E-state index contributed by atoms with van der Waals surface area (Å²) in [5.41, 5.74) is -0.719. The molecule has 0 aliphatic carbocycles. The number of nitrogens with one attached hydrogen (secondary N) is 1. The van der Waals surface area contributed by atoms with Crippen LogP contribution in [0.5, 0.6) is 5.75 Å². The van der Waals surface area contributed by atoms with E-state index in [1.807, 2.05) is 30.3 Å². The van der Waals surface area contributed by atoms with Crippen molar-refractivity contribution in [3.63, 3.8) is 0 Å². The fourth-order valence-electron chi connectivity index (χ4n) is 2.60. The maximum Gasteiger partial charge on any atom is 0.330 e. The number of aromatic nitrogens is 2. The van der Waals surface area contributed by atoms with Crippen molar-refractivity contribution >= 4 is 0 Å². The summed E-state index contributed by atoms with van der Waals surface area (Å²) >= 11 is 0. The Bertz CT molecular complexity index is 832. The summed E-state index contributed by atoms with van der Waals surface area (Å²) in [6, 6.07) is 9.12. The number of hydrogen-bond donors (Lipinski definition) is 4. The van der Waals surface area contributed by atoms with E-state index in [9.17, 15) is 19.8 Å². The quantitative estimate of drug-likeness (QED) is 0.528. The lowest BCUT2D eigenvalue weighted by molar-refractivity contribution is -0.0553. The molecule has 0 radical (unpaired) electrons. The third-order valence-corrected chi connectivity index (χ3v) is 3.96. The van der Waals surface area contributed by atoms with Gasteiger partial charge in [-0.1, -0.05) is 30.3 Å². The second kappa shape index (κ2) is 7.19. The van der Waals surface area contributed by atoms with E-state index in [-0.39, 0.29) is 12.4 Å². The zero-order valence-electron chi connectivity index (χ0n) is 13.1. The lowest BCUT2D eigenvalue weighted by Gasteiger charge is -2.18. The molecule has 9 nitrogen and oxygen atoms in total. The normalized spacial score (nSPS) is 25.9. The van der Waals surface area contributed by atoms with E-state index in [2.05, 4.69) is 4.98 Å². The second-order valence-corrected chi connectivity index (χ2v) is 5.66. The molecule has 9 heteroatoms. The standard InChI is InChI=1S/C16H18N2O7/c19-7-11-12(20)13(21)15(25-11)18-6-10(14(22)17-16(18)23)24-8-9-4-2-1-3-5-9/h1-6,11-13,15,19-21H,7-8H2,(H,17,22,23)/t11-,12+,13+,15+/m0/s1. The van der Waals surface area contributed by atoms with Crippen molar-refractivity contribution in [2.24, 2.45) is 0 Å². The van der Waals surface area contributed by atoms with E-state index < -0.39 is 42.4 Å². The maximum absolute atomic E-state index is 12.0. The molecule has 1 saturated heterocycles. The minimum absolute atomic E-state index is 0.109. The fraction of sp³-hybridized carbons (Fsp3) is 0.375. The summed E-state index contributed by atoms with van der Waals surface area (Å²) in [6.07, 6.45) is -3.97. The van der Waals surface area contributed by atoms with Crippen molar-refractivity contribution in [1.29, 1.82) is 0 Å². The van der Waals surface area contributed by atoms with Crippen LogP contribution in [0, 0.1) is 0 Å². The average Bonchev–Trinajstić information content (AvgIpc) is 2.90. The first kappa shape index (κ1) is 17.4. The van der Waals surface area contributed by atoms with Gasteiger partial charge < -0.3 is 24.8 Å². The van der Waals surface area contributed by atoms with Gasteiger partial charge in [-0.2, -0.15) is 0 Å². The average molecular weight is 350 g/mol. The zero-order chi connectivity index (χ0) is 18.0. The summed E-state index contributed by atoms with van der Waals surface area (Å²) in [6.45, 7) is -0.414. The lowest BCUT2D eigenvalue weighted by Crippen LogP contribution is -2.38. The highest BCUT2D eigenvalue weighted by atomic mass is 16.6. The van der Waals surface area contributed by atoms with Gasteiger partial charge in [0, 0.05) is 0 Å². The molecule has 1 aliphatic rings. The number of benzene rings is 1. The van der Waals surface area contributed by atoms with E-state index >= 15 is 0 Å². The van der Waals surface area contributed by atoms with Crippen molar-refractivity contribution in [3.8, 4) is 5.75 Å². The largest absolute Gasteiger partial charge is 0.482 e. The Hall–Kier alpha value is -2.46. The lowest BCUT2D eigenvalue weighted by atomic mass is 10.1. The minimum atomic E-state index is -1.44. The Morgan fingerprint density at radius 2 is 1.88 bits per heavy atom. The van der Waals surface area contributed by atoms with Crippen LogP contribution >= 0.6 is 0 Å². The van der Waals surface area contributed by atoms with Crippen molar-refractivity contribution in [3.05, 3.63) is 62.9 Å². The van der Waals surface area contributed by atoms with Gasteiger partial charge in [-0.25, -0.2) is 4.79 Å². The van der Waals surface area contributed by atoms with Gasteiger partial charge in [-0.3, -0.25) is 14.3 Å².